The van der Waals surface area contributed by atoms with Gasteiger partial charge in [0.25, 0.3) is 0 Å². The summed E-state index contributed by atoms with van der Waals surface area (Å²) in [5.74, 6) is 1.18. The van der Waals surface area contributed by atoms with Crippen molar-refractivity contribution in [3.05, 3.63) is 23.8 Å². The predicted molar refractivity (Wildman–Crippen MR) is 65.9 cm³/mol. The second-order valence-electron chi connectivity index (χ2n) is 4.56. The molecule has 0 atom stereocenters. The highest BCUT2D eigenvalue weighted by atomic mass is 16.5. The van der Waals surface area contributed by atoms with Crippen molar-refractivity contribution in [3.8, 4) is 11.5 Å². The minimum Gasteiger partial charge on any atom is -0.497 e. The Hall–Kier alpha value is -1.91. The van der Waals surface area contributed by atoms with Crippen molar-refractivity contribution in [2.24, 2.45) is 10.9 Å². The zero-order chi connectivity index (χ0) is 13.1. The maximum atomic E-state index is 8.71. The summed E-state index contributed by atoms with van der Waals surface area (Å²) in [4.78, 5) is 0. The van der Waals surface area contributed by atoms with Crippen LogP contribution in [0.25, 0.3) is 0 Å². The van der Waals surface area contributed by atoms with Crippen LogP contribution in [-0.2, 0) is 0 Å². The monoisotopic (exact) mass is 238 g/mol. The van der Waals surface area contributed by atoms with Crippen LogP contribution in [-0.4, -0.2) is 23.8 Å². The number of ether oxygens (including phenoxy) is 2. The fourth-order valence-corrected chi connectivity index (χ4v) is 1.31. The van der Waals surface area contributed by atoms with E-state index in [0.717, 1.165) is 0 Å². The lowest BCUT2D eigenvalue weighted by Gasteiger charge is -2.23. The van der Waals surface area contributed by atoms with Gasteiger partial charge >= 0.3 is 0 Å². The van der Waals surface area contributed by atoms with Crippen molar-refractivity contribution in [1.82, 2.24) is 0 Å². The number of nitrogens with zero attached hydrogens (tertiary/aromatic N) is 1. The van der Waals surface area contributed by atoms with Gasteiger partial charge in [0.15, 0.2) is 5.84 Å². The molecule has 3 N–H and O–H groups in total. The Balaban J connectivity index is 3.21. The Morgan fingerprint density at radius 1 is 1.35 bits per heavy atom. The van der Waals surface area contributed by atoms with Crippen LogP contribution in [0.3, 0.4) is 0 Å². The van der Waals surface area contributed by atoms with Gasteiger partial charge in [0.05, 0.1) is 12.7 Å². The van der Waals surface area contributed by atoms with Gasteiger partial charge in [-0.15, -0.1) is 0 Å². The molecule has 0 saturated carbocycles. The van der Waals surface area contributed by atoms with Gasteiger partial charge in [0.1, 0.15) is 17.1 Å². The van der Waals surface area contributed by atoms with Crippen LogP contribution in [0.15, 0.2) is 23.4 Å². The molecule has 0 radical (unpaired) electrons. The normalized spacial score (nSPS) is 12.4. The van der Waals surface area contributed by atoms with Gasteiger partial charge in [0, 0.05) is 6.07 Å². The molecular weight excluding hydrogens is 220 g/mol. The number of methoxy groups -OCH3 is 1. The van der Waals surface area contributed by atoms with E-state index in [9.17, 15) is 0 Å². The van der Waals surface area contributed by atoms with Crippen LogP contribution in [0.4, 0.5) is 0 Å². The largest absolute Gasteiger partial charge is 0.497 e. The van der Waals surface area contributed by atoms with Gasteiger partial charge in [-0.3, -0.25) is 0 Å². The van der Waals surface area contributed by atoms with Crippen LogP contribution in [0.2, 0.25) is 0 Å². The van der Waals surface area contributed by atoms with Crippen molar-refractivity contribution < 1.29 is 14.7 Å². The topological polar surface area (TPSA) is 77.1 Å². The van der Waals surface area contributed by atoms with E-state index in [1.807, 2.05) is 20.8 Å². The maximum Gasteiger partial charge on any atom is 0.173 e. The highest BCUT2D eigenvalue weighted by molar-refractivity contribution is 5.99. The summed E-state index contributed by atoms with van der Waals surface area (Å²) >= 11 is 0. The summed E-state index contributed by atoms with van der Waals surface area (Å²) in [6.45, 7) is 5.76. The zero-order valence-corrected chi connectivity index (χ0v) is 10.5. The van der Waals surface area contributed by atoms with Crippen LogP contribution >= 0.6 is 0 Å². The Kier molecular flexibility index (Phi) is 3.83. The van der Waals surface area contributed by atoms with E-state index in [0.29, 0.717) is 17.1 Å². The SMILES string of the molecule is COc1ccc(/C(N)=N/O)c(OC(C)(C)C)c1. The van der Waals surface area contributed by atoms with Gasteiger partial charge in [-0.1, -0.05) is 5.16 Å². The van der Waals surface area contributed by atoms with Crippen LogP contribution in [0.1, 0.15) is 26.3 Å². The van der Waals surface area contributed by atoms with Crippen molar-refractivity contribution in [2.45, 2.75) is 26.4 Å². The minimum atomic E-state index is -0.378. The quantitative estimate of drug-likeness (QED) is 0.365. The highest BCUT2D eigenvalue weighted by Crippen LogP contribution is 2.27. The summed E-state index contributed by atoms with van der Waals surface area (Å²) in [7, 11) is 1.57. The third kappa shape index (κ3) is 3.55. The van der Waals surface area contributed by atoms with Crippen LogP contribution < -0.4 is 15.2 Å². The Morgan fingerprint density at radius 3 is 2.47 bits per heavy atom. The molecule has 0 unspecified atom stereocenters. The fraction of sp³-hybridized carbons (Fsp3) is 0.417. The highest BCUT2D eigenvalue weighted by Gasteiger charge is 2.17. The van der Waals surface area contributed by atoms with E-state index >= 15 is 0 Å². The number of oxime groups is 1. The standard InChI is InChI=1S/C12H18N2O3/c1-12(2,3)17-10-7-8(16-4)5-6-9(10)11(13)14-15/h5-7,15H,1-4H3,(H2,13,14). The summed E-state index contributed by atoms with van der Waals surface area (Å²) in [6.07, 6.45) is 0. The maximum absolute atomic E-state index is 8.71. The number of nitrogens with two attached hydrogens (primary N) is 1. The first-order valence-corrected chi connectivity index (χ1v) is 5.22. The summed E-state index contributed by atoms with van der Waals surface area (Å²) in [5, 5.41) is 11.7. The number of amidine groups is 1. The molecule has 0 spiro atoms. The molecule has 1 aromatic rings. The predicted octanol–water partition coefficient (Wildman–Crippen LogP) is 1.97. The van der Waals surface area contributed by atoms with Crippen molar-refractivity contribution in [2.75, 3.05) is 7.11 Å². The zero-order valence-electron chi connectivity index (χ0n) is 10.5. The minimum absolute atomic E-state index is 0.00639. The molecule has 1 aromatic carbocycles. The van der Waals surface area contributed by atoms with Crippen molar-refractivity contribution in [3.63, 3.8) is 0 Å². The Bertz CT molecular complexity index is 422. The average Bonchev–Trinajstić information content (AvgIpc) is 2.25. The van der Waals surface area contributed by atoms with Crippen LogP contribution in [0.5, 0.6) is 11.5 Å². The third-order valence-electron chi connectivity index (χ3n) is 1.99. The molecule has 0 saturated heterocycles. The number of benzene rings is 1. The Labute approximate surface area is 101 Å². The first kappa shape index (κ1) is 13.2. The lowest BCUT2D eigenvalue weighted by molar-refractivity contribution is 0.130. The molecule has 0 bridgehead atoms. The molecule has 17 heavy (non-hydrogen) atoms. The molecule has 0 aliphatic carbocycles. The average molecular weight is 238 g/mol. The van der Waals surface area contributed by atoms with E-state index in [1.165, 1.54) is 0 Å². The molecule has 5 heteroatoms. The first-order valence-electron chi connectivity index (χ1n) is 5.22. The van der Waals surface area contributed by atoms with Gasteiger partial charge in [0.2, 0.25) is 0 Å². The summed E-state index contributed by atoms with van der Waals surface area (Å²) < 4.78 is 10.9. The third-order valence-corrected chi connectivity index (χ3v) is 1.99. The second kappa shape index (κ2) is 4.95. The molecular formula is C12H18N2O3. The summed E-state index contributed by atoms with van der Waals surface area (Å²) in [5.41, 5.74) is 5.74. The number of hydrogen-bond donors (Lipinski definition) is 2. The lowest BCUT2D eigenvalue weighted by Crippen LogP contribution is -2.25. The smallest absolute Gasteiger partial charge is 0.173 e. The molecule has 0 aliphatic heterocycles. The van der Waals surface area contributed by atoms with E-state index in [-0.39, 0.29) is 11.4 Å². The van der Waals surface area contributed by atoms with E-state index in [2.05, 4.69) is 5.16 Å². The first-order chi connectivity index (χ1) is 7.87. The van der Waals surface area contributed by atoms with Gasteiger partial charge in [-0.2, -0.15) is 0 Å². The molecule has 94 valence electrons. The molecule has 0 aromatic heterocycles. The van der Waals surface area contributed by atoms with E-state index in [4.69, 9.17) is 20.4 Å². The number of hydrogen-bond acceptors (Lipinski definition) is 4. The molecule has 0 amide bonds. The van der Waals surface area contributed by atoms with Crippen LogP contribution in [0, 0.1) is 0 Å². The van der Waals surface area contributed by atoms with Gasteiger partial charge in [-0.25, -0.2) is 0 Å². The van der Waals surface area contributed by atoms with Gasteiger partial charge < -0.3 is 20.4 Å². The fourth-order valence-electron chi connectivity index (χ4n) is 1.31. The molecule has 5 nitrogen and oxygen atoms in total. The molecule has 0 fully saturated rings. The lowest BCUT2D eigenvalue weighted by atomic mass is 10.1. The van der Waals surface area contributed by atoms with E-state index in [1.54, 1.807) is 25.3 Å². The van der Waals surface area contributed by atoms with Crippen molar-refractivity contribution >= 4 is 5.84 Å². The number of rotatable bonds is 3. The van der Waals surface area contributed by atoms with Crippen molar-refractivity contribution in [1.29, 1.82) is 0 Å². The second-order valence-corrected chi connectivity index (χ2v) is 4.56. The van der Waals surface area contributed by atoms with E-state index < -0.39 is 0 Å². The van der Waals surface area contributed by atoms with Gasteiger partial charge in [-0.05, 0) is 32.9 Å². The Morgan fingerprint density at radius 2 is 2.00 bits per heavy atom. The summed E-state index contributed by atoms with van der Waals surface area (Å²) in [6, 6.07) is 5.12. The molecule has 0 aliphatic rings. The molecule has 0 heterocycles. The molecule has 1 rings (SSSR count).